The molecule has 1 aliphatic heterocycles. The van der Waals surface area contributed by atoms with Gasteiger partial charge in [0.15, 0.2) is 5.96 Å². The Kier molecular flexibility index (Phi) is 12.3. The Morgan fingerprint density at radius 3 is 2.60 bits per heavy atom. The minimum absolute atomic E-state index is 0. The first-order chi connectivity index (χ1) is 11.4. The first-order valence-corrected chi connectivity index (χ1v) is 8.50. The van der Waals surface area contributed by atoms with E-state index in [1.807, 2.05) is 6.92 Å². The molecule has 0 aliphatic carbocycles. The third-order valence-corrected chi connectivity index (χ3v) is 3.77. The fraction of sp³-hybridized carbons (Fsp3) is 0.875. The van der Waals surface area contributed by atoms with Gasteiger partial charge in [-0.2, -0.15) is 0 Å². The molecule has 2 atom stereocenters. The van der Waals surface area contributed by atoms with E-state index in [0.29, 0.717) is 38.8 Å². The summed E-state index contributed by atoms with van der Waals surface area (Å²) in [6.45, 7) is 10.5. The second-order valence-corrected chi connectivity index (χ2v) is 6.39. The lowest BCUT2D eigenvalue weighted by molar-refractivity contribution is -0.144. The molecule has 0 saturated carbocycles. The molecule has 148 valence electrons. The number of nitrogens with one attached hydrogen (secondary N) is 2. The second kappa shape index (κ2) is 12.7. The second-order valence-electron chi connectivity index (χ2n) is 6.39. The van der Waals surface area contributed by atoms with Crippen LogP contribution < -0.4 is 10.6 Å². The lowest BCUT2D eigenvalue weighted by Gasteiger charge is -2.33. The van der Waals surface area contributed by atoms with E-state index < -0.39 is 5.60 Å². The van der Waals surface area contributed by atoms with Crippen LogP contribution in [0.25, 0.3) is 0 Å². The van der Waals surface area contributed by atoms with Crippen molar-refractivity contribution >= 4 is 35.9 Å². The third-order valence-electron chi connectivity index (χ3n) is 3.77. The van der Waals surface area contributed by atoms with Crippen molar-refractivity contribution in [1.82, 2.24) is 15.5 Å². The molecule has 1 fully saturated rings. The Morgan fingerprint density at radius 1 is 1.40 bits per heavy atom. The van der Waals surface area contributed by atoms with Gasteiger partial charge in [0.25, 0.3) is 0 Å². The van der Waals surface area contributed by atoms with Crippen LogP contribution in [0.3, 0.4) is 0 Å². The van der Waals surface area contributed by atoms with Crippen LogP contribution in [0.5, 0.6) is 0 Å². The molecule has 1 aliphatic rings. The number of carbonyl (C=O) groups excluding carboxylic acids is 1. The molecule has 0 aromatic rings. The van der Waals surface area contributed by atoms with Crippen molar-refractivity contribution in [3.63, 3.8) is 0 Å². The Labute approximate surface area is 167 Å². The highest BCUT2D eigenvalue weighted by molar-refractivity contribution is 14.0. The lowest BCUT2D eigenvalue weighted by Crippen LogP contribution is -2.48. The van der Waals surface area contributed by atoms with Crippen LogP contribution in [0.4, 0.5) is 0 Å². The van der Waals surface area contributed by atoms with E-state index >= 15 is 0 Å². The van der Waals surface area contributed by atoms with Crippen molar-refractivity contribution in [3.8, 4) is 0 Å². The number of aliphatic hydroxyl groups is 1. The highest BCUT2D eigenvalue weighted by Crippen LogP contribution is 2.09. The summed E-state index contributed by atoms with van der Waals surface area (Å²) in [7, 11) is 1.38. The molecular weight excluding hydrogens is 439 g/mol. The summed E-state index contributed by atoms with van der Waals surface area (Å²) < 4.78 is 10.0. The van der Waals surface area contributed by atoms with E-state index in [4.69, 9.17) is 9.47 Å². The largest absolute Gasteiger partial charge is 0.469 e. The maximum absolute atomic E-state index is 11.4. The molecule has 2 unspecified atom stereocenters. The number of guanidine groups is 1. The lowest BCUT2D eigenvalue weighted by atomic mass is 10.1. The molecule has 25 heavy (non-hydrogen) atoms. The summed E-state index contributed by atoms with van der Waals surface area (Å²) in [5.74, 6) is 0.0425. The van der Waals surface area contributed by atoms with Crippen LogP contribution in [0.15, 0.2) is 4.99 Å². The molecule has 0 aromatic carbocycles. The fourth-order valence-corrected chi connectivity index (χ4v) is 2.42. The predicted octanol–water partition coefficient (Wildman–Crippen LogP) is 0.0518. The first kappa shape index (κ1) is 24.4. The number of hydrogen-bond donors (Lipinski definition) is 3. The van der Waals surface area contributed by atoms with Crippen LogP contribution in [-0.2, 0) is 14.3 Å². The minimum Gasteiger partial charge on any atom is -0.469 e. The number of ether oxygens (including phenoxy) is 2. The molecule has 1 heterocycles. The number of morpholine rings is 1. The molecule has 0 spiro atoms. The van der Waals surface area contributed by atoms with Crippen LogP contribution in [0.2, 0.25) is 0 Å². The number of carbonyl (C=O) groups is 1. The number of aliphatic imine (C=N–C) groups is 1. The predicted molar refractivity (Wildman–Crippen MR) is 108 cm³/mol. The smallest absolute Gasteiger partial charge is 0.310 e. The molecule has 1 saturated heterocycles. The van der Waals surface area contributed by atoms with Gasteiger partial charge in [0.1, 0.15) is 0 Å². The van der Waals surface area contributed by atoms with Gasteiger partial charge in [-0.3, -0.25) is 14.7 Å². The summed E-state index contributed by atoms with van der Waals surface area (Å²) in [5.41, 5.74) is -0.923. The normalized spacial score (nSPS) is 19.3. The van der Waals surface area contributed by atoms with E-state index in [1.54, 1.807) is 13.8 Å². The molecule has 8 nitrogen and oxygen atoms in total. The maximum Gasteiger partial charge on any atom is 0.310 e. The van der Waals surface area contributed by atoms with Crippen LogP contribution in [0, 0.1) is 5.92 Å². The van der Waals surface area contributed by atoms with E-state index in [9.17, 15) is 9.90 Å². The Hall–Kier alpha value is -0.650. The maximum atomic E-state index is 11.4. The zero-order valence-corrected chi connectivity index (χ0v) is 18.0. The monoisotopic (exact) mass is 472 g/mol. The Bertz CT molecular complexity index is 415. The topological polar surface area (TPSA) is 95.4 Å². The number of hydrogen-bond acceptors (Lipinski definition) is 6. The SMILES string of the molecule is CCNC(=NCC(C)(O)CN1CCOCC1)NCC(C)C(=O)OC.I. The van der Waals surface area contributed by atoms with Crippen molar-refractivity contribution < 1.29 is 19.4 Å². The van der Waals surface area contributed by atoms with Gasteiger partial charge in [0, 0.05) is 32.7 Å². The molecule has 1 rings (SSSR count). The average molecular weight is 472 g/mol. The van der Waals surface area contributed by atoms with E-state index in [0.717, 1.165) is 13.1 Å². The quantitative estimate of drug-likeness (QED) is 0.199. The zero-order valence-electron chi connectivity index (χ0n) is 15.7. The number of halogens is 1. The van der Waals surface area contributed by atoms with Gasteiger partial charge in [0.05, 0.1) is 38.4 Å². The molecule has 0 aromatic heterocycles. The molecule has 0 amide bonds. The third kappa shape index (κ3) is 10.2. The van der Waals surface area contributed by atoms with E-state index in [1.165, 1.54) is 7.11 Å². The zero-order chi connectivity index (χ0) is 18.0. The molecule has 9 heteroatoms. The van der Waals surface area contributed by atoms with Gasteiger partial charge in [-0.15, -0.1) is 24.0 Å². The van der Waals surface area contributed by atoms with Gasteiger partial charge < -0.3 is 25.2 Å². The average Bonchev–Trinajstić information content (AvgIpc) is 2.56. The minimum atomic E-state index is -0.923. The summed E-state index contributed by atoms with van der Waals surface area (Å²) in [6.07, 6.45) is 0. The van der Waals surface area contributed by atoms with E-state index in [2.05, 4.69) is 20.5 Å². The van der Waals surface area contributed by atoms with Gasteiger partial charge in [-0.1, -0.05) is 6.92 Å². The number of methoxy groups -OCH3 is 1. The number of rotatable bonds is 8. The van der Waals surface area contributed by atoms with Crippen molar-refractivity contribution in [2.45, 2.75) is 26.4 Å². The van der Waals surface area contributed by atoms with E-state index in [-0.39, 0.29) is 42.4 Å². The first-order valence-electron chi connectivity index (χ1n) is 8.50. The molecule has 3 N–H and O–H groups in total. The highest BCUT2D eigenvalue weighted by atomic mass is 127. The van der Waals surface area contributed by atoms with Crippen LogP contribution in [0.1, 0.15) is 20.8 Å². The Balaban J connectivity index is 0.00000576. The summed E-state index contributed by atoms with van der Waals surface area (Å²) >= 11 is 0. The summed E-state index contributed by atoms with van der Waals surface area (Å²) in [5, 5.41) is 16.8. The fourth-order valence-electron chi connectivity index (χ4n) is 2.42. The van der Waals surface area contributed by atoms with Crippen molar-refractivity contribution in [2.24, 2.45) is 10.9 Å². The van der Waals surface area contributed by atoms with Gasteiger partial charge in [-0.25, -0.2) is 0 Å². The van der Waals surface area contributed by atoms with Crippen molar-refractivity contribution in [2.75, 3.05) is 59.6 Å². The summed E-state index contributed by atoms with van der Waals surface area (Å²) in [6, 6.07) is 0. The van der Waals surface area contributed by atoms with Gasteiger partial charge >= 0.3 is 5.97 Å². The van der Waals surface area contributed by atoms with Crippen molar-refractivity contribution in [1.29, 1.82) is 0 Å². The van der Waals surface area contributed by atoms with Crippen LogP contribution >= 0.6 is 24.0 Å². The molecule has 0 bridgehead atoms. The molecular formula is C16H33IN4O4. The highest BCUT2D eigenvalue weighted by Gasteiger charge is 2.25. The van der Waals surface area contributed by atoms with Crippen LogP contribution in [-0.4, -0.2) is 87.1 Å². The van der Waals surface area contributed by atoms with Crippen molar-refractivity contribution in [3.05, 3.63) is 0 Å². The molecule has 0 radical (unpaired) electrons. The standard InChI is InChI=1S/C16H32N4O4.HI/c1-5-17-15(18-10-13(2)14(21)23-4)19-11-16(3,22)12-20-6-8-24-9-7-20;/h13,22H,5-12H2,1-4H3,(H2,17,18,19);1H. The van der Waals surface area contributed by atoms with Gasteiger partial charge in [0.2, 0.25) is 0 Å². The summed E-state index contributed by atoms with van der Waals surface area (Å²) in [4.78, 5) is 18.1. The number of β-amino-alcohol motifs (C(OH)–C–C–N with tert-alkyl or cyclic N) is 1. The number of esters is 1. The Morgan fingerprint density at radius 2 is 2.04 bits per heavy atom. The van der Waals surface area contributed by atoms with Gasteiger partial charge in [-0.05, 0) is 13.8 Å². The number of nitrogens with zero attached hydrogens (tertiary/aromatic N) is 2.